The number of para-hydroxylation sites is 1. The number of benzene rings is 2. The molecular formula is C19H22N4O2S. The van der Waals surface area contributed by atoms with Gasteiger partial charge in [-0.1, -0.05) is 42.1 Å². The highest BCUT2D eigenvalue weighted by Crippen LogP contribution is 2.26. The van der Waals surface area contributed by atoms with Crippen LogP contribution in [0, 0.1) is 20.8 Å². The number of thioether (sulfide) groups is 1. The van der Waals surface area contributed by atoms with Crippen LogP contribution in [0.3, 0.4) is 0 Å². The fourth-order valence-corrected chi connectivity index (χ4v) is 3.34. The summed E-state index contributed by atoms with van der Waals surface area (Å²) in [6.45, 7) is 6.33. The van der Waals surface area contributed by atoms with E-state index in [0.29, 0.717) is 10.9 Å². The fraction of sp³-hybridized carbons (Fsp3) is 0.316. The molecule has 1 aromatic heterocycles. The molecule has 0 radical (unpaired) electrons. The third-order valence-corrected chi connectivity index (χ3v) is 5.20. The molecule has 6 nitrogen and oxygen atoms in total. The molecule has 0 amide bonds. The summed E-state index contributed by atoms with van der Waals surface area (Å²) in [5, 5.41) is 22.7. The number of ether oxygens (including phenoxy) is 1. The van der Waals surface area contributed by atoms with Crippen LogP contribution in [0.5, 0.6) is 5.75 Å². The predicted molar refractivity (Wildman–Crippen MR) is 102 cm³/mol. The van der Waals surface area contributed by atoms with Crippen LogP contribution in [0.15, 0.2) is 47.6 Å². The van der Waals surface area contributed by atoms with E-state index in [0.717, 1.165) is 22.6 Å². The molecule has 0 aliphatic heterocycles. The van der Waals surface area contributed by atoms with Gasteiger partial charge in [0.25, 0.3) is 0 Å². The number of aliphatic hydroxyl groups is 1. The summed E-state index contributed by atoms with van der Waals surface area (Å²) < 4.78 is 7.53. The molecule has 7 heteroatoms. The maximum Gasteiger partial charge on any atom is 0.214 e. The Morgan fingerprint density at radius 2 is 1.81 bits per heavy atom. The molecular weight excluding hydrogens is 348 g/mol. The number of aromatic nitrogens is 4. The summed E-state index contributed by atoms with van der Waals surface area (Å²) in [7, 11) is 0. The molecule has 1 atom stereocenters. The lowest BCUT2D eigenvalue weighted by Gasteiger charge is -2.16. The van der Waals surface area contributed by atoms with Gasteiger partial charge in [0.2, 0.25) is 5.16 Å². The van der Waals surface area contributed by atoms with Crippen LogP contribution in [-0.4, -0.2) is 43.8 Å². The Bertz CT molecular complexity index is 867. The molecule has 26 heavy (non-hydrogen) atoms. The van der Waals surface area contributed by atoms with Crippen molar-refractivity contribution in [3.63, 3.8) is 0 Å². The van der Waals surface area contributed by atoms with Gasteiger partial charge in [-0.3, -0.25) is 0 Å². The van der Waals surface area contributed by atoms with Crippen LogP contribution < -0.4 is 4.74 Å². The van der Waals surface area contributed by atoms with Crippen LogP contribution in [0.2, 0.25) is 0 Å². The van der Waals surface area contributed by atoms with Crippen molar-refractivity contribution >= 4 is 11.8 Å². The summed E-state index contributed by atoms with van der Waals surface area (Å²) in [6.07, 6.45) is -0.625. The van der Waals surface area contributed by atoms with Gasteiger partial charge < -0.3 is 9.84 Å². The molecule has 0 saturated heterocycles. The number of aryl methyl sites for hydroxylation is 2. The lowest BCUT2D eigenvalue weighted by atomic mass is 10.1. The van der Waals surface area contributed by atoms with Gasteiger partial charge in [0.15, 0.2) is 0 Å². The van der Waals surface area contributed by atoms with Crippen molar-refractivity contribution in [3.8, 4) is 11.4 Å². The molecule has 0 unspecified atom stereocenters. The first-order valence-electron chi connectivity index (χ1n) is 8.40. The van der Waals surface area contributed by atoms with Gasteiger partial charge in [0.05, 0.1) is 11.8 Å². The van der Waals surface area contributed by atoms with E-state index in [2.05, 4.69) is 28.5 Å². The predicted octanol–water partition coefficient (Wildman–Crippen LogP) is 3.12. The first-order valence-corrected chi connectivity index (χ1v) is 9.39. The first-order chi connectivity index (χ1) is 12.6. The van der Waals surface area contributed by atoms with Gasteiger partial charge in [0.1, 0.15) is 12.4 Å². The standard InChI is InChI=1S/C19H22N4O2S/c1-13-9-10-14(2)18(15(13)3)25-11-17(24)12-26-19-20-21-22-23(19)16-7-5-4-6-8-16/h4-10,17,24H,11-12H2,1-3H3/t17-/m0/s1. The third-order valence-electron chi connectivity index (χ3n) is 4.14. The zero-order chi connectivity index (χ0) is 18.5. The second kappa shape index (κ2) is 8.33. The average molecular weight is 370 g/mol. The Balaban J connectivity index is 1.58. The number of nitrogens with zero attached hydrogens (tertiary/aromatic N) is 4. The quantitative estimate of drug-likeness (QED) is 0.644. The molecule has 0 fully saturated rings. The van der Waals surface area contributed by atoms with Gasteiger partial charge in [-0.15, -0.1) is 5.10 Å². The molecule has 1 N–H and O–H groups in total. The van der Waals surface area contributed by atoms with Crippen LogP contribution in [0.25, 0.3) is 5.69 Å². The summed E-state index contributed by atoms with van der Waals surface area (Å²) >= 11 is 1.40. The van der Waals surface area contributed by atoms with Crippen LogP contribution >= 0.6 is 11.8 Å². The van der Waals surface area contributed by atoms with Crippen molar-refractivity contribution in [2.75, 3.05) is 12.4 Å². The van der Waals surface area contributed by atoms with Gasteiger partial charge >= 0.3 is 0 Å². The Kier molecular flexibility index (Phi) is 5.90. The highest BCUT2D eigenvalue weighted by atomic mass is 32.2. The molecule has 136 valence electrons. The Labute approximate surface area is 157 Å². The third kappa shape index (κ3) is 4.23. The second-order valence-electron chi connectivity index (χ2n) is 6.14. The van der Waals surface area contributed by atoms with Gasteiger partial charge in [-0.2, -0.15) is 4.68 Å². The van der Waals surface area contributed by atoms with Crippen LogP contribution in [-0.2, 0) is 0 Å². The molecule has 0 aliphatic rings. The Morgan fingerprint density at radius 3 is 2.58 bits per heavy atom. The first kappa shape index (κ1) is 18.4. The Morgan fingerprint density at radius 1 is 1.08 bits per heavy atom. The minimum absolute atomic E-state index is 0.227. The van der Waals surface area contributed by atoms with Gasteiger partial charge in [-0.25, -0.2) is 0 Å². The molecule has 2 aromatic carbocycles. The van der Waals surface area contributed by atoms with E-state index in [1.165, 1.54) is 17.3 Å². The zero-order valence-electron chi connectivity index (χ0n) is 15.1. The summed E-state index contributed by atoms with van der Waals surface area (Å²) in [5.74, 6) is 1.29. The van der Waals surface area contributed by atoms with E-state index in [9.17, 15) is 5.11 Å². The molecule has 0 aliphatic carbocycles. The lowest BCUT2D eigenvalue weighted by Crippen LogP contribution is -2.21. The highest BCUT2D eigenvalue weighted by Gasteiger charge is 2.14. The molecule has 3 rings (SSSR count). The summed E-state index contributed by atoms with van der Waals surface area (Å²) in [4.78, 5) is 0. The number of rotatable bonds is 7. The van der Waals surface area contributed by atoms with Crippen molar-refractivity contribution < 1.29 is 9.84 Å². The van der Waals surface area contributed by atoms with Crippen molar-refractivity contribution in [1.82, 2.24) is 20.2 Å². The SMILES string of the molecule is Cc1ccc(C)c(OC[C@H](O)CSc2nnnn2-c2ccccc2)c1C. The van der Waals surface area contributed by atoms with Gasteiger partial charge in [0, 0.05) is 5.75 Å². The van der Waals surface area contributed by atoms with Crippen LogP contribution in [0.4, 0.5) is 0 Å². The van der Waals surface area contributed by atoms with E-state index in [1.54, 1.807) is 4.68 Å². The van der Waals surface area contributed by atoms with E-state index in [1.807, 2.05) is 50.2 Å². The average Bonchev–Trinajstić information content (AvgIpc) is 3.12. The van der Waals surface area contributed by atoms with E-state index in [4.69, 9.17) is 4.74 Å². The van der Waals surface area contributed by atoms with Crippen molar-refractivity contribution in [2.24, 2.45) is 0 Å². The topological polar surface area (TPSA) is 73.1 Å². The molecule has 0 saturated carbocycles. The fourth-order valence-electron chi connectivity index (χ4n) is 2.55. The largest absolute Gasteiger partial charge is 0.490 e. The number of aliphatic hydroxyl groups excluding tert-OH is 1. The highest BCUT2D eigenvalue weighted by molar-refractivity contribution is 7.99. The summed E-state index contributed by atoms with van der Waals surface area (Å²) in [5.41, 5.74) is 4.24. The minimum Gasteiger partial charge on any atom is -0.490 e. The van der Waals surface area contributed by atoms with Crippen molar-refractivity contribution in [3.05, 3.63) is 59.2 Å². The lowest BCUT2D eigenvalue weighted by molar-refractivity contribution is 0.125. The van der Waals surface area contributed by atoms with E-state index < -0.39 is 6.10 Å². The molecule has 3 aromatic rings. The van der Waals surface area contributed by atoms with Gasteiger partial charge in [-0.05, 0) is 60.0 Å². The molecule has 1 heterocycles. The summed E-state index contributed by atoms with van der Waals surface area (Å²) in [6, 6.07) is 13.8. The molecule has 0 bridgehead atoms. The van der Waals surface area contributed by atoms with Crippen molar-refractivity contribution in [2.45, 2.75) is 32.0 Å². The Hall–Kier alpha value is -2.38. The maximum atomic E-state index is 10.3. The second-order valence-corrected chi connectivity index (χ2v) is 7.13. The normalized spacial score (nSPS) is 12.2. The van der Waals surface area contributed by atoms with E-state index >= 15 is 0 Å². The maximum absolute atomic E-state index is 10.3. The smallest absolute Gasteiger partial charge is 0.214 e. The zero-order valence-corrected chi connectivity index (χ0v) is 15.9. The molecule has 0 spiro atoms. The van der Waals surface area contributed by atoms with Crippen molar-refractivity contribution in [1.29, 1.82) is 0 Å². The van der Waals surface area contributed by atoms with E-state index in [-0.39, 0.29) is 6.61 Å². The monoisotopic (exact) mass is 370 g/mol. The minimum atomic E-state index is -0.625. The number of hydrogen-bond donors (Lipinski definition) is 1. The number of hydrogen-bond acceptors (Lipinski definition) is 6. The number of tetrazole rings is 1. The van der Waals surface area contributed by atoms with Crippen LogP contribution in [0.1, 0.15) is 16.7 Å².